The lowest BCUT2D eigenvalue weighted by atomic mass is 10.2. The summed E-state index contributed by atoms with van der Waals surface area (Å²) in [5.74, 6) is 0.928. The Morgan fingerprint density at radius 2 is 1.30 bits per heavy atom. The van der Waals surface area contributed by atoms with Crippen molar-refractivity contribution in [1.29, 1.82) is 0 Å². The first-order valence-electron chi connectivity index (χ1n) is 10.8. The van der Waals surface area contributed by atoms with Gasteiger partial charge in [0.1, 0.15) is 12.4 Å². The van der Waals surface area contributed by atoms with Crippen LogP contribution in [0.5, 0.6) is 5.75 Å². The number of nitrogens with zero attached hydrogens (tertiary/aromatic N) is 2. The summed E-state index contributed by atoms with van der Waals surface area (Å²) in [6.07, 6.45) is 4.49. The second-order valence-electron chi connectivity index (χ2n) is 7.81. The molecule has 3 aromatic rings. The third-order valence-corrected chi connectivity index (χ3v) is 5.52. The van der Waals surface area contributed by atoms with E-state index in [0.717, 1.165) is 45.0 Å². The third kappa shape index (κ3) is 6.31. The lowest BCUT2D eigenvalue weighted by Gasteiger charge is -2.34. The fourth-order valence-electron chi connectivity index (χ4n) is 3.72. The minimum atomic E-state index is 0.612. The SMILES string of the molecule is C(=Cc1ccccc1)CN1CCN(Cc2ccc(OCc3ccccc3)cc2)CC1. The Morgan fingerprint density at radius 3 is 2.00 bits per heavy atom. The Balaban J connectivity index is 1.18. The molecule has 0 aromatic heterocycles. The second kappa shape index (κ2) is 10.8. The predicted octanol–water partition coefficient (Wildman–Crippen LogP) is 5.10. The van der Waals surface area contributed by atoms with E-state index in [0.29, 0.717) is 6.61 Å². The van der Waals surface area contributed by atoms with Crippen LogP contribution in [0.2, 0.25) is 0 Å². The molecule has 0 unspecified atom stereocenters. The highest BCUT2D eigenvalue weighted by molar-refractivity contribution is 5.48. The van der Waals surface area contributed by atoms with E-state index >= 15 is 0 Å². The van der Waals surface area contributed by atoms with Crippen LogP contribution in [0.4, 0.5) is 0 Å². The molecule has 1 fully saturated rings. The van der Waals surface area contributed by atoms with Crippen molar-refractivity contribution in [3.63, 3.8) is 0 Å². The largest absolute Gasteiger partial charge is 0.489 e. The molecule has 0 saturated carbocycles. The molecule has 3 nitrogen and oxygen atoms in total. The Hall–Kier alpha value is -2.88. The van der Waals surface area contributed by atoms with Crippen molar-refractivity contribution in [3.05, 3.63) is 108 Å². The van der Waals surface area contributed by atoms with Gasteiger partial charge in [0.15, 0.2) is 0 Å². The first kappa shape index (κ1) is 20.4. The van der Waals surface area contributed by atoms with E-state index in [1.165, 1.54) is 16.7 Å². The van der Waals surface area contributed by atoms with Gasteiger partial charge in [-0.2, -0.15) is 0 Å². The molecular weight excluding hydrogens is 368 g/mol. The Morgan fingerprint density at radius 1 is 0.667 bits per heavy atom. The first-order chi connectivity index (χ1) is 14.8. The van der Waals surface area contributed by atoms with E-state index in [1.54, 1.807) is 0 Å². The maximum absolute atomic E-state index is 5.89. The molecule has 1 aliphatic rings. The Kier molecular flexibility index (Phi) is 7.32. The number of hydrogen-bond donors (Lipinski definition) is 0. The molecule has 3 aromatic carbocycles. The van der Waals surface area contributed by atoms with Gasteiger partial charge in [-0.15, -0.1) is 0 Å². The van der Waals surface area contributed by atoms with Gasteiger partial charge < -0.3 is 4.74 Å². The van der Waals surface area contributed by atoms with Crippen molar-refractivity contribution in [3.8, 4) is 5.75 Å². The van der Waals surface area contributed by atoms with Crippen molar-refractivity contribution in [2.24, 2.45) is 0 Å². The topological polar surface area (TPSA) is 15.7 Å². The zero-order valence-electron chi connectivity index (χ0n) is 17.5. The molecule has 3 heteroatoms. The molecule has 0 radical (unpaired) electrons. The molecule has 1 aliphatic heterocycles. The molecule has 154 valence electrons. The minimum absolute atomic E-state index is 0.612. The van der Waals surface area contributed by atoms with E-state index < -0.39 is 0 Å². The van der Waals surface area contributed by atoms with Gasteiger partial charge in [0.05, 0.1) is 0 Å². The maximum atomic E-state index is 5.89. The summed E-state index contributed by atoms with van der Waals surface area (Å²) in [7, 11) is 0. The second-order valence-corrected chi connectivity index (χ2v) is 7.81. The quantitative estimate of drug-likeness (QED) is 0.525. The highest BCUT2D eigenvalue weighted by Gasteiger charge is 2.15. The van der Waals surface area contributed by atoms with Crippen LogP contribution in [0.1, 0.15) is 16.7 Å². The normalized spacial score (nSPS) is 15.5. The summed E-state index contributed by atoms with van der Waals surface area (Å²) < 4.78 is 5.89. The van der Waals surface area contributed by atoms with Gasteiger partial charge in [0.25, 0.3) is 0 Å². The van der Waals surface area contributed by atoms with Gasteiger partial charge in [-0.1, -0.05) is 84.9 Å². The lowest BCUT2D eigenvalue weighted by molar-refractivity contribution is 0.137. The number of hydrogen-bond acceptors (Lipinski definition) is 3. The molecular formula is C27H30N2O. The number of benzene rings is 3. The molecule has 0 N–H and O–H groups in total. The average Bonchev–Trinajstić information content (AvgIpc) is 2.81. The van der Waals surface area contributed by atoms with E-state index in [-0.39, 0.29) is 0 Å². The molecule has 0 aliphatic carbocycles. The smallest absolute Gasteiger partial charge is 0.119 e. The van der Waals surface area contributed by atoms with Crippen LogP contribution in [0.3, 0.4) is 0 Å². The van der Waals surface area contributed by atoms with Crippen LogP contribution in [-0.4, -0.2) is 42.5 Å². The van der Waals surface area contributed by atoms with Gasteiger partial charge in [0, 0.05) is 39.3 Å². The summed E-state index contributed by atoms with van der Waals surface area (Å²) in [4.78, 5) is 5.06. The van der Waals surface area contributed by atoms with Gasteiger partial charge >= 0.3 is 0 Å². The van der Waals surface area contributed by atoms with Gasteiger partial charge in [0.2, 0.25) is 0 Å². The number of piperazine rings is 1. The van der Waals surface area contributed by atoms with Crippen LogP contribution in [0.15, 0.2) is 91.0 Å². The van der Waals surface area contributed by atoms with Crippen molar-refractivity contribution in [1.82, 2.24) is 9.80 Å². The van der Waals surface area contributed by atoms with Crippen molar-refractivity contribution in [2.45, 2.75) is 13.2 Å². The minimum Gasteiger partial charge on any atom is -0.489 e. The summed E-state index contributed by atoms with van der Waals surface area (Å²) in [5, 5.41) is 0. The zero-order chi connectivity index (χ0) is 20.4. The Labute approximate surface area is 180 Å². The summed E-state index contributed by atoms with van der Waals surface area (Å²) in [5.41, 5.74) is 3.81. The van der Waals surface area contributed by atoms with Crippen LogP contribution < -0.4 is 4.74 Å². The zero-order valence-corrected chi connectivity index (χ0v) is 17.5. The van der Waals surface area contributed by atoms with Gasteiger partial charge in [-0.25, -0.2) is 0 Å². The molecule has 1 heterocycles. The van der Waals surface area contributed by atoms with Crippen LogP contribution >= 0.6 is 0 Å². The number of ether oxygens (including phenoxy) is 1. The van der Waals surface area contributed by atoms with Gasteiger partial charge in [-0.05, 0) is 28.8 Å². The van der Waals surface area contributed by atoms with Crippen LogP contribution in [0.25, 0.3) is 6.08 Å². The van der Waals surface area contributed by atoms with Gasteiger partial charge in [-0.3, -0.25) is 9.80 Å². The molecule has 0 atom stereocenters. The summed E-state index contributed by atoms with van der Waals surface area (Å²) in [6.45, 7) is 7.12. The summed E-state index contributed by atoms with van der Waals surface area (Å²) >= 11 is 0. The third-order valence-electron chi connectivity index (χ3n) is 5.52. The van der Waals surface area contributed by atoms with E-state index in [2.05, 4.69) is 88.7 Å². The van der Waals surface area contributed by atoms with Crippen molar-refractivity contribution >= 4 is 6.08 Å². The summed E-state index contributed by atoms with van der Waals surface area (Å²) in [6, 6.07) is 29.4. The Bertz CT molecular complexity index is 899. The molecule has 30 heavy (non-hydrogen) atoms. The fourth-order valence-corrected chi connectivity index (χ4v) is 3.72. The van der Waals surface area contributed by atoms with E-state index in [4.69, 9.17) is 4.74 Å². The highest BCUT2D eigenvalue weighted by Crippen LogP contribution is 2.16. The number of rotatable bonds is 8. The predicted molar refractivity (Wildman–Crippen MR) is 124 cm³/mol. The molecule has 0 bridgehead atoms. The molecule has 0 amide bonds. The van der Waals surface area contributed by atoms with Crippen molar-refractivity contribution in [2.75, 3.05) is 32.7 Å². The molecule has 0 spiro atoms. The highest BCUT2D eigenvalue weighted by atomic mass is 16.5. The lowest BCUT2D eigenvalue weighted by Crippen LogP contribution is -2.45. The van der Waals surface area contributed by atoms with Crippen LogP contribution in [-0.2, 0) is 13.2 Å². The average molecular weight is 399 g/mol. The maximum Gasteiger partial charge on any atom is 0.119 e. The van der Waals surface area contributed by atoms with E-state index in [9.17, 15) is 0 Å². The van der Waals surface area contributed by atoms with E-state index in [1.807, 2.05) is 18.2 Å². The van der Waals surface area contributed by atoms with Crippen molar-refractivity contribution < 1.29 is 4.74 Å². The molecule has 4 rings (SSSR count). The fraction of sp³-hybridized carbons (Fsp3) is 0.259. The monoisotopic (exact) mass is 398 g/mol. The standard InChI is InChI=1S/C27H30N2O/c1-3-8-24(9-4-1)12-7-17-28-18-20-29(21-19-28)22-25-13-15-27(16-14-25)30-23-26-10-5-2-6-11-26/h1-16H,17-23H2. The first-order valence-corrected chi connectivity index (χ1v) is 10.8. The van der Waals surface area contributed by atoms with Crippen LogP contribution in [0, 0.1) is 0 Å². The molecule has 1 saturated heterocycles.